The van der Waals surface area contributed by atoms with Gasteiger partial charge in [-0.3, -0.25) is 13.9 Å². The number of carbonyl (C=O) groups excluding carboxylic acids is 2. The van der Waals surface area contributed by atoms with E-state index in [-0.39, 0.29) is 29.5 Å². The van der Waals surface area contributed by atoms with Crippen molar-refractivity contribution in [1.82, 2.24) is 10.2 Å². The zero-order chi connectivity index (χ0) is 31.7. The molecule has 1 N–H and O–H groups in total. The van der Waals surface area contributed by atoms with Crippen LogP contribution in [0.2, 0.25) is 5.02 Å². The standard InChI is InChI=1S/C34H36ClN3O5S/c1-4-36-34(40)32(21-26-9-6-5-7-10-26)37(23-27-15-13-25(2)14-16-27)33(39)24-38(29-12-8-11-28(35)22-29)44(41,42)31-19-17-30(43-3)18-20-31/h5-20,22,32H,4,21,23-24H2,1-3H3,(H,36,40)/t32-/m1/s1. The molecular formula is C34H36ClN3O5S. The van der Waals surface area contributed by atoms with Crippen molar-refractivity contribution in [3.63, 3.8) is 0 Å². The van der Waals surface area contributed by atoms with Crippen LogP contribution >= 0.6 is 11.6 Å². The van der Waals surface area contributed by atoms with E-state index < -0.39 is 28.5 Å². The SMILES string of the molecule is CCNC(=O)[C@@H](Cc1ccccc1)N(Cc1ccc(C)cc1)C(=O)CN(c1cccc(Cl)c1)S(=O)(=O)c1ccc(OC)cc1. The van der Waals surface area contributed by atoms with E-state index in [9.17, 15) is 18.0 Å². The van der Waals surface area contributed by atoms with Gasteiger partial charge in [0.25, 0.3) is 10.0 Å². The number of anilines is 1. The van der Waals surface area contributed by atoms with Gasteiger partial charge in [0.05, 0.1) is 17.7 Å². The average Bonchev–Trinajstić information content (AvgIpc) is 3.02. The molecule has 0 aliphatic heterocycles. The van der Waals surface area contributed by atoms with Gasteiger partial charge < -0.3 is 15.0 Å². The Kier molecular flexibility index (Phi) is 11.0. The Bertz CT molecular complexity index is 1660. The van der Waals surface area contributed by atoms with Gasteiger partial charge >= 0.3 is 0 Å². The first-order valence-corrected chi connectivity index (χ1v) is 16.0. The second-order valence-corrected chi connectivity index (χ2v) is 12.6. The molecule has 230 valence electrons. The maximum atomic E-state index is 14.4. The fourth-order valence-corrected chi connectivity index (χ4v) is 6.36. The summed E-state index contributed by atoms with van der Waals surface area (Å²) < 4.78 is 34.4. The Morgan fingerprint density at radius 2 is 1.57 bits per heavy atom. The maximum absolute atomic E-state index is 14.4. The maximum Gasteiger partial charge on any atom is 0.264 e. The lowest BCUT2D eigenvalue weighted by Gasteiger charge is -2.34. The third kappa shape index (κ3) is 8.18. The highest BCUT2D eigenvalue weighted by molar-refractivity contribution is 7.92. The summed E-state index contributed by atoms with van der Waals surface area (Å²) in [6, 6.07) is 28.4. The fraction of sp³-hybridized carbons (Fsp3) is 0.235. The molecule has 0 aromatic heterocycles. The molecule has 0 unspecified atom stereocenters. The van der Waals surface area contributed by atoms with Gasteiger partial charge in [-0.05, 0) is 67.4 Å². The number of hydrogen-bond donors (Lipinski definition) is 1. The predicted octanol–water partition coefficient (Wildman–Crippen LogP) is 5.63. The summed E-state index contributed by atoms with van der Waals surface area (Å²) in [5, 5.41) is 3.17. The van der Waals surface area contributed by atoms with Crippen LogP contribution < -0.4 is 14.4 Å². The van der Waals surface area contributed by atoms with E-state index in [4.69, 9.17) is 16.3 Å². The Hall–Kier alpha value is -4.34. The average molecular weight is 634 g/mol. The van der Waals surface area contributed by atoms with Crippen LogP contribution in [0.1, 0.15) is 23.6 Å². The largest absolute Gasteiger partial charge is 0.497 e. The lowest BCUT2D eigenvalue weighted by molar-refractivity contribution is -0.140. The van der Waals surface area contributed by atoms with Crippen LogP contribution in [0, 0.1) is 6.92 Å². The number of methoxy groups -OCH3 is 1. The van der Waals surface area contributed by atoms with Gasteiger partial charge in [0, 0.05) is 24.5 Å². The summed E-state index contributed by atoms with van der Waals surface area (Å²) in [5.74, 6) is -0.386. The first kappa shape index (κ1) is 32.6. The van der Waals surface area contributed by atoms with Crippen LogP contribution in [0.4, 0.5) is 5.69 Å². The predicted molar refractivity (Wildman–Crippen MR) is 173 cm³/mol. The van der Waals surface area contributed by atoms with Crippen molar-refractivity contribution in [3.05, 3.63) is 125 Å². The van der Waals surface area contributed by atoms with Crippen LogP contribution in [-0.2, 0) is 32.6 Å². The number of rotatable bonds is 13. The molecule has 8 nitrogen and oxygen atoms in total. The minimum absolute atomic E-state index is 0.0271. The minimum atomic E-state index is -4.25. The van der Waals surface area contributed by atoms with Crippen molar-refractivity contribution in [2.24, 2.45) is 0 Å². The first-order valence-electron chi connectivity index (χ1n) is 14.2. The molecule has 4 rings (SSSR count). The molecule has 0 fully saturated rings. The van der Waals surface area contributed by atoms with E-state index >= 15 is 0 Å². The van der Waals surface area contributed by atoms with Gasteiger partial charge in [-0.2, -0.15) is 0 Å². The molecule has 0 aliphatic carbocycles. The highest BCUT2D eigenvalue weighted by Crippen LogP contribution is 2.28. The zero-order valence-electron chi connectivity index (χ0n) is 24.9. The van der Waals surface area contributed by atoms with Crippen LogP contribution in [0.15, 0.2) is 108 Å². The second kappa shape index (κ2) is 14.9. The molecule has 0 radical (unpaired) electrons. The van der Waals surface area contributed by atoms with Crippen LogP contribution in [-0.4, -0.2) is 51.4 Å². The number of carbonyl (C=O) groups is 2. The molecular weight excluding hydrogens is 598 g/mol. The number of halogens is 1. The summed E-state index contributed by atoms with van der Waals surface area (Å²) in [6.07, 6.45) is 0.243. The topological polar surface area (TPSA) is 96.0 Å². The minimum Gasteiger partial charge on any atom is -0.497 e. The van der Waals surface area contributed by atoms with Crippen LogP contribution in [0.25, 0.3) is 0 Å². The van der Waals surface area contributed by atoms with Crippen LogP contribution in [0.5, 0.6) is 5.75 Å². The van der Waals surface area contributed by atoms with E-state index in [1.807, 2.05) is 68.4 Å². The van der Waals surface area contributed by atoms with Crippen molar-refractivity contribution in [1.29, 1.82) is 0 Å². The molecule has 2 amide bonds. The number of nitrogens with zero attached hydrogens (tertiary/aromatic N) is 2. The molecule has 0 aliphatic rings. The number of sulfonamides is 1. The van der Waals surface area contributed by atoms with Crippen molar-refractivity contribution < 1.29 is 22.7 Å². The Morgan fingerprint density at radius 3 is 2.18 bits per heavy atom. The molecule has 0 bridgehead atoms. The zero-order valence-corrected chi connectivity index (χ0v) is 26.5. The lowest BCUT2D eigenvalue weighted by Crippen LogP contribution is -2.53. The van der Waals surface area contributed by atoms with Crippen molar-refractivity contribution in [2.45, 2.75) is 37.8 Å². The summed E-state index contributed by atoms with van der Waals surface area (Å²) in [5.41, 5.74) is 2.94. The molecule has 0 heterocycles. The number of benzene rings is 4. The molecule has 44 heavy (non-hydrogen) atoms. The van der Waals surface area contributed by atoms with E-state index in [1.54, 1.807) is 30.3 Å². The second-order valence-electron chi connectivity index (χ2n) is 10.3. The van der Waals surface area contributed by atoms with Gasteiger partial charge in [0.2, 0.25) is 11.8 Å². The molecule has 0 saturated carbocycles. The number of hydrogen-bond acceptors (Lipinski definition) is 5. The monoisotopic (exact) mass is 633 g/mol. The fourth-order valence-electron chi connectivity index (χ4n) is 4.77. The lowest BCUT2D eigenvalue weighted by atomic mass is 10.0. The van der Waals surface area contributed by atoms with Crippen molar-refractivity contribution in [2.75, 3.05) is 24.5 Å². The Morgan fingerprint density at radius 1 is 0.886 bits per heavy atom. The number of likely N-dealkylation sites (N-methyl/N-ethyl adjacent to an activating group) is 1. The molecule has 1 atom stereocenters. The van der Waals surface area contributed by atoms with Gasteiger partial charge in [-0.15, -0.1) is 0 Å². The highest BCUT2D eigenvalue weighted by atomic mass is 35.5. The van der Waals surface area contributed by atoms with Crippen molar-refractivity contribution in [3.8, 4) is 5.75 Å². The third-order valence-electron chi connectivity index (χ3n) is 7.12. The molecule has 0 spiro atoms. The molecule has 4 aromatic carbocycles. The summed E-state index contributed by atoms with van der Waals surface area (Å²) >= 11 is 6.27. The van der Waals surface area contributed by atoms with Gasteiger partial charge in [0.15, 0.2) is 0 Å². The summed E-state index contributed by atoms with van der Waals surface area (Å²) in [4.78, 5) is 29.4. The van der Waals surface area contributed by atoms with E-state index in [0.717, 1.165) is 21.0 Å². The van der Waals surface area contributed by atoms with Crippen molar-refractivity contribution >= 4 is 39.1 Å². The number of amides is 2. The third-order valence-corrected chi connectivity index (χ3v) is 9.14. The first-order chi connectivity index (χ1) is 21.1. The van der Waals surface area contributed by atoms with Crippen LogP contribution in [0.3, 0.4) is 0 Å². The molecule has 10 heteroatoms. The Labute approximate surface area is 264 Å². The van der Waals surface area contributed by atoms with E-state index in [2.05, 4.69) is 5.32 Å². The molecule has 4 aromatic rings. The number of aryl methyl sites for hydroxylation is 1. The summed E-state index contributed by atoms with van der Waals surface area (Å²) in [6.45, 7) is 3.68. The van der Waals surface area contributed by atoms with Gasteiger partial charge in [-0.1, -0.05) is 77.8 Å². The van der Waals surface area contributed by atoms with E-state index in [1.165, 1.54) is 30.2 Å². The highest BCUT2D eigenvalue weighted by Gasteiger charge is 2.34. The molecule has 0 saturated heterocycles. The number of nitrogens with one attached hydrogen (secondary N) is 1. The number of ether oxygens (including phenoxy) is 1. The normalized spacial score (nSPS) is 11.8. The van der Waals surface area contributed by atoms with E-state index in [0.29, 0.717) is 17.3 Å². The van der Waals surface area contributed by atoms with Gasteiger partial charge in [0.1, 0.15) is 18.3 Å². The van der Waals surface area contributed by atoms with Gasteiger partial charge in [-0.25, -0.2) is 8.42 Å². The Balaban J connectivity index is 1.79. The summed E-state index contributed by atoms with van der Waals surface area (Å²) in [7, 11) is -2.76. The quantitative estimate of drug-likeness (QED) is 0.206. The smallest absolute Gasteiger partial charge is 0.264 e.